The van der Waals surface area contributed by atoms with Gasteiger partial charge in [0, 0.05) is 5.92 Å². The zero-order valence-corrected chi connectivity index (χ0v) is 14.5. The maximum atomic E-state index is 11.8. The van der Waals surface area contributed by atoms with Crippen LogP contribution < -0.4 is 0 Å². The summed E-state index contributed by atoms with van der Waals surface area (Å²) in [5, 5.41) is 0. The molecule has 2 aliphatic rings. The van der Waals surface area contributed by atoms with Gasteiger partial charge < -0.3 is 18.9 Å². The van der Waals surface area contributed by atoms with Crippen molar-refractivity contribution in [2.75, 3.05) is 19.8 Å². The Kier molecular flexibility index (Phi) is 7.03. The number of hydrogen-bond acceptors (Lipinski definition) is 5. The number of esters is 1. The molecule has 5 heteroatoms. The SMILES string of the molecule is O=C(COC1C/C=C\C(C2OCCO2)CCC1)OCc1ccccc1. The van der Waals surface area contributed by atoms with Gasteiger partial charge in [-0.2, -0.15) is 0 Å². The lowest BCUT2D eigenvalue weighted by Gasteiger charge is -2.23. The van der Waals surface area contributed by atoms with E-state index in [4.69, 9.17) is 18.9 Å². The van der Waals surface area contributed by atoms with Crippen LogP contribution in [0.2, 0.25) is 0 Å². The molecule has 0 bridgehead atoms. The summed E-state index contributed by atoms with van der Waals surface area (Å²) in [6.07, 6.45) is 8.03. The van der Waals surface area contributed by atoms with Crippen LogP contribution in [0.15, 0.2) is 42.5 Å². The Morgan fingerprint density at radius 3 is 2.72 bits per heavy atom. The number of carbonyl (C=O) groups excluding carboxylic acids is 1. The number of carbonyl (C=O) groups is 1. The molecule has 1 saturated heterocycles. The quantitative estimate of drug-likeness (QED) is 0.585. The van der Waals surface area contributed by atoms with Crippen LogP contribution in [0.25, 0.3) is 0 Å². The lowest BCUT2D eigenvalue weighted by atomic mass is 9.95. The van der Waals surface area contributed by atoms with Crippen LogP contribution in [0.3, 0.4) is 0 Å². The minimum absolute atomic E-state index is 0.00359. The van der Waals surface area contributed by atoms with Crippen LogP contribution in [0.5, 0.6) is 0 Å². The highest BCUT2D eigenvalue weighted by Gasteiger charge is 2.26. The van der Waals surface area contributed by atoms with Crippen molar-refractivity contribution in [1.29, 1.82) is 0 Å². The highest BCUT2D eigenvalue weighted by atomic mass is 16.7. The number of rotatable bonds is 6. The molecule has 0 radical (unpaired) electrons. The Morgan fingerprint density at radius 2 is 1.92 bits per heavy atom. The third kappa shape index (κ3) is 5.96. The summed E-state index contributed by atoms with van der Waals surface area (Å²) >= 11 is 0. The number of hydrogen-bond donors (Lipinski definition) is 0. The second-order valence-corrected chi connectivity index (χ2v) is 6.45. The molecule has 1 aliphatic heterocycles. The van der Waals surface area contributed by atoms with Crippen LogP contribution in [0, 0.1) is 5.92 Å². The Bertz CT molecular complexity index is 550. The predicted octanol–water partition coefficient (Wildman–Crippen LogP) is 3.23. The lowest BCUT2D eigenvalue weighted by molar-refractivity contribution is -0.152. The van der Waals surface area contributed by atoms with Crippen molar-refractivity contribution in [2.45, 2.75) is 44.7 Å². The summed E-state index contributed by atoms with van der Waals surface area (Å²) < 4.78 is 22.2. The molecule has 136 valence electrons. The van der Waals surface area contributed by atoms with Gasteiger partial charge >= 0.3 is 5.97 Å². The highest BCUT2D eigenvalue weighted by molar-refractivity contribution is 5.70. The molecule has 25 heavy (non-hydrogen) atoms. The maximum absolute atomic E-state index is 11.8. The Morgan fingerprint density at radius 1 is 1.12 bits per heavy atom. The zero-order valence-electron chi connectivity index (χ0n) is 14.5. The van der Waals surface area contributed by atoms with Crippen molar-refractivity contribution in [2.24, 2.45) is 5.92 Å². The fraction of sp³-hybridized carbons (Fsp3) is 0.550. The normalized spacial score (nSPS) is 25.9. The van der Waals surface area contributed by atoms with E-state index in [0.29, 0.717) is 19.1 Å². The van der Waals surface area contributed by atoms with Crippen LogP contribution in [-0.2, 0) is 30.3 Å². The van der Waals surface area contributed by atoms with Gasteiger partial charge in [-0.1, -0.05) is 48.9 Å². The Balaban J connectivity index is 1.37. The van der Waals surface area contributed by atoms with E-state index in [0.717, 1.165) is 31.2 Å². The average Bonchev–Trinajstić information content (AvgIpc) is 3.14. The third-order valence-corrected chi connectivity index (χ3v) is 4.52. The van der Waals surface area contributed by atoms with Crippen molar-refractivity contribution in [3.8, 4) is 0 Å². The van der Waals surface area contributed by atoms with Gasteiger partial charge in [0.1, 0.15) is 13.2 Å². The fourth-order valence-electron chi connectivity index (χ4n) is 3.17. The average molecular weight is 346 g/mol. The topological polar surface area (TPSA) is 54.0 Å². The molecule has 1 heterocycles. The van der Waals surface area contributed by atoms with Crippen molar-refractivity contribution < 1.29 is 23.7 Å². The van der Waals surface area contributed by atoms with Gasteiger partial charge in [0.25, 0.3) is 0 Å². The van der Waals surface area contributed by atoms with Gasteiger partial charge in [-0.15, -0.1) is 0 Å². The molecule has 0 N–H and O–H groups in total. The first-order valence-electron chi connectivity index (χ1n) is 9.02. The van der Waals surface area contributed by atoms with E-state index in [9.17, 15) is 4.79 Å². The first kappa shape index (κ1) is 18.1. The summed E-state index contributed by atoms with van der Waals surface area (Å²) in [4.78, 5) is 11.8. The van der Waals surface area contributed by atoms with Crippen LogP contribution in [0.4, 0.5) is 0 Å². The van der Waals surface area contributed by atoms with Crippen molar-refractivity contribution in [1.82, 2.24) is 0 Å². The second kappa shape index (κ2) is 9.70. The second-order valence-electron chi connectivity index (χ2n) is 6.45. The standard InChI is InChI=1S/C20H26O5/c21-19(25-14-16-6-2-1-3-7-16)15-24-18-10-4-8-17(9-5-11-18)20-22-12-13-23-20/h1-4,6-8,17-18,20H,5,9-15H2/b8-4-. The summed E-state index contributed by atoms with van der Waals surface area (Å²) in [7, 11) is 0. The van der Waals surface area contributed by atoms with E-state index in [2.05, 4.69) is 12.2 Å². The molecule has 0 saturated carbocycles. The van der Waals surface area contributed by atoms with E-state index < -0.39 is 0 Å². The minimum atomic E-state index is -0.319. The molecule has 5 nitrogen and oxygen atoms in total. The minimum Gasteiger partial charge on any atom is -0.459 e. The summed E-state index contributed by atoms with van der Waals surface area (Å²) in [5.41, 5.74) is 0.979. The van der Waals surface area contributed by atoms with Gasteiger partial charge in [0.05, 0.1) is 19.3 Å². The van der Waals surface area contributed by atoms with E-state index in [1.807, 2.05) is 30.3 Å². The molecular formula is C20H26O5. The highest BCUT2D eigenvalue weighted by Crippen LogP contribution is 2.25. The molecular weight excluding hydrogens is 320 g/mol. The molecule has 1 fully saturated rings. The first-order valence-corrected chi connectivity index (χ1v) is 9.02. The molecule has 1 aliphatic carbocycles. The summed E-state index contributed by atoms with van der Waals surface area (Å²) in [6.45, 7) is 1.66. The van der Waals surface area contributed by atoms with E-state index in [1.165, 1.54) is 0 Å². The Hall–Kier alpha value is -1.69. The fourth-order valence-corrected chi connectivity index (χ4v) is 3.17. The molecule has 0 spiro atoms. The van der Waals surface area contributed by atoms with Gasteiger partial charge in [-0.3, -0.25) is 0 Å². The maximum Gasteiger partial charge on any atom is 0.332 e. The van der Waals surface area contributed by atoms with E-state index in [-0.39, 0.29) is 31.6 Å². The van der Waals surface area contributed by atoms with Crippen molar-refractivity contribution >= 4 is 5.97 Å². The molecule has 0 amide bonds. The van der Waals surface area contributed by atoms with Gasteiger partial charge in [0.2, 0.25) is 0 Å². The zero-order chi connectivity index (χ0) is 17.3. The van der Waals surface area contributed by atoms with Crippen molar-refractivity contribution in [3.63, 3.8) is 0 Å². The predicted molar refractivity (Wildman–Crippen MR) is 92.8 cm³/mol. The third-order valence-electron chi connectivity index (χ3n) is 4.52. The number of ether oxygens (including phenoxy) is 4. The van der Waals surface area contributed by atoms with Crippen LogP contribution in [-0.4, -0.2) is 38.2 Å². The van der Waals surface area contributed by atoms with Gasteiger partial charge in [0.15, 0.2) is 6.29 Å². The molecule has 0 aromatic heterocycles. The van der Waals surface area contributed by atoms with Gasteiger partial charge in [-0.05, 0) is 24.8 Å². The molecule has 1 aromatic rings. The first-order chi connectivity index (χ1) is 12.3. The van der Waals surface area contributed by atoms with Crippen LogP contribution >= 0.6 is 0 Å². The number of benzene rings is 1. The van der Waals surface area contributed by atoms with Crippen molar-refractivity contribution in [3.05, 3.63) is 48.0 Å². The van der Waals surface area contributed by atoms with E-state index in [1.54, 1.807) is 0 Å². The molecule has 2 unspecified atom stereocenters. The smallest absolute Gasteiger partial charge is 0.332 e. The molecule has 1 aromatic carbocycles. The van der Waals surface area contributed by atoms with E-state index >= 15 is 0 Å². The summed E-state index contributed by atoms with van der Waals surface area (Å²) in [5.74, 6) is -0.000174. The molecule has 2 atom stereocenters. The van der Waals surface area contributed by atoms with Crippen LogP contribution in [0.1, 0.15) is 31.2 Å². The molecule has 3 rings (SSSR count). The summed E-state index contributed by atoms with van der Waals surface area (Å²) in [6, 6.07) is 9.65. The monoisotopic (exact) mass is 346 g/mol. The Labute approximate surface area is 148 Å². The lowest BCUT2D eigenvalue weighted by Crippen LogP contribution is -2.24. The largest absolute Gasteiger partial charge is 0.459 e. The van der Waals surface area contributed by atoms with Gasteiger partial charge in [-0.25, -0.2) is 4.79 Å².